The fourth-order valence-corrected chi connectivity index (χ4v) is 4.94. The molecule has 0 unspecified atom stereocenters. The van der Waals surface area contributed by atoms with Crippen molar-refractivity contribution in [3.8, 4) is 0 Å². The second kappa shape index (κ2) is 8.28. The highest BCUT2D eigenvalue weighted by Crippen LogP contribution is 2.27. The fraction of sp³-hybridized carbons (Fsp3) is 0.524. The van der Waals surface area contributed by atoms with E-state index < -0.39 is 15.9 Å². The molecule has 1 aliphatic carbocycles. The summed E-state index contributed by atoms with van der Waals surface area (Å²) >= 11 is 0. The Labute approximate surface area is 172 Å². The summed E-state index contributed by atoms with van der Waals surface area (Å²) < 4.78 is 32.8. The molecule has 3 rings (SSSR count). The Bertz CT molecular complexity index is 970. The molecule has 0 radical (unpaired) electrons. The lowest BCUT2D eigenvalue weighted by atomic mass is 9.93. The lowest BCUT2D eigenvalue weighted by Crippen LogP contribution is -2.38. The number of benzene rings is 1. The van der Waals surface area contributed by atoms with Gasteiger partial charge in [0.05, 0.1) is 4.90 Å². The summed E-state index contributed by atoms with van der Waals surface area (Å²) in [7, 11) is -2.04. The first-order valence-electron chi connectivity index (χ1n) is 9.96. The van der Waals surface area contributed by atoms with Crippen LogP contribution < -0.4 is 5.32 Å². The van der Waals surface area contributed by atoms with Crippen LogP contribution in [0, 0.1) is 0 Å². The first-order chi connectivity index (χ1) is 13.6. The number of rotatable bonds is 5. The van der Waals surface area contributed by atoms with Crippen molar-refractivity contribution in [3.63, 3.8) is 0 Å². The van der Waals surface area contributed by atoms with Crippen molar-refractivity contribution in [1.29, 1.82) is 0 Å². The van der Waals surface area contributed by atoms with Crippen LogP contribution in [0.4, 0.5) is 5.82 Å². The van der Waals surface area contributed by atoms with Crippen LogP contribution in [0.5, 0.6) is 0 Å². The van der Waals surface area contributed by atoms with Crippen molar-refractivity contribution >= 4 is 21.7 Å². The van der Waals surface area contributed by atoms with Crippen molar-refractivity contribution in [1.82, 2.24) is 9.46 Å². The summed E-state index contributed by atoms with van der Waals surface area (Å²) in [5, 5.41) is 6.55. The molecule has 29 heavy (non-hydrogen) atoms. The number of anilines is 1. The number of aromatic nitrogens is 1. The largest absolute Gasteiger partial charge is 0.359 e. The molecule has 158 valence electrons. The van der Waals surface area contributed by atoms with Gasteiger partial charge in [-0.05, 0) is 31.0 Å². The molecule has 0 aliphatic heterocycles. The highest BCUT2D eigenvalue weighted by Gasteiger charge is 2.29. The van der Waals surface area contributed by atoms with Crippen LogP contribution in [0.1, 0.15) is 69.0 Å². The van der Waals surface area contributed by atoms with Gasteiger partial charge in [-0.1, -0.05) is 51.3 Å². The summed E-state index contributed by atoms with van der Waals surface area (Å²) in [5.41, 5.74) is 0.0247. The molecule has 1 heterocycles. The molecule has 1 fully saturated rings. The number of carbonyl (C=O) groups is 1. The molecule has 1 N–H and O–H groups in total. The molecule has 1 amide bonds. The Hall–Kier alpha value is -2.19. The minimum absolute atomic E-state index is 0.0113. The Morgan fingerprint density at radius 1 is 1.17 bits per heavy atom. The van der Waals surface area contributed by atoms with Crippen molar-refractivity contribution in [2.75, 3.05) is 12.4 Å². The summed E-state index contributed by atoms with van der Waals surface area (Å²) in [6, 6.07) is 7.79. The number of amides is 1. The van der Waals surface area contributed by atoms with E-state index in [2.05, 4.69) is 10.5 Å². The quantitative estimate of drug-likeness (QED) is 0.785. The maximum absolute atomic E-state index is 13.0. The molecule has 0 saturated heterocycles. The van der Waals surface area contributed by atoms with E-state index in [9.17, 15) is 13.2 Å². The van der Waals surface area contributed by atoms with Gasteiger partial charge in [0.25, 0.3) is 5.91 Å². The second-order valence-electron chi connectivity index (χ2n) is 8.62. The average Bonchev–Trinajstić information content (AvgIpc) is 3.17. The fourth-order valence-electron chi connectivity index (χ4n) is 3.48. The van der Waals surface area contributed by atoms with Crippen LogP contribution >= 0.6 is 0 Å². The molecule has 0 atom stereocenters. The molecule has 7 nitrogen and oxygen atoms in total. The van der Waals surface area contributed by atoms with Crippen molar-refractivity contribution in [2.24, 2.45) is 0 Å². The van der Waals surface area contributed by atoms with Gasteiger partial charge in [-0.2, -0.15) is 4.31 Å². The van der Waals surface area contributed by atoms with Crippen LogP contribution in [0.15, 0.2) is 39.8 Å². The van der Waals surface area contributed by atoms with Crippen molar-refractivity contribution in [3.05, 3.63) is 41.7 Å². The first-order valence-corrected chi connectivity index (χ1v) is 11.4. The Kier molecular flexibility index (Phi) is 6.14. The summed E-state index contributed by atoms with van der Waals surface area (Å²) in [5.74, 6) is 0.516. The zero-order chi connectivity index (χ0) is 21.2. The topological polar surface area (TPSA) is 92.5 Å². The third-order valence-electron chi connectivity index (χ3n) is 5.35. The van der Waals surface area contributed by atoms with Crippen LogP contribution in [0.3, 0.4) is 0 Å². The zero-order valence-corrected chi connectivity index (χ0v) is 18.3. The lowest BCUT2D eigenvalue weighted by Gasteiger charge is -2.30. The Morgan fingerprint density at radius 2 is 1.86 bits per heavy atom. The number of hydrogen-bond donors (Lipinski definition) is 1. The van der Waals surface area contributed by atoms with Gasteiger partial charge in [0.2, 0.25) is 10.0 Å². The van der Waals surface area contributed by atoms with Crippen LogP contribution in [0.25, 0.3) is 0 Å². The smallest absolute Gasteiger partial charge is 0.256 e. The number of nitrogens with one attached hydrogen (secondary N) is 1. The molecule has 1 aromatic heterocycles. The van der Waals surface area contributed by atoms with E-state index in [1.807, 2.05) is 20.8 Å². The minimum Gasteiger partial charge on any atom is -0.359 e. The highest BCUT2D eigenvalue weighted by atomic mass is 32.2. The molecule has 0 bridgehead atoms. The number of sulfonamides is 1. The van der Waals surface area contributed by atoms with Gasteiger partial charge >= 0.3 is 0 Å². The van der Waals surface area contributed by atoms with Crippen LogP contribution in [0.2, 0.25) is 0 Å². The molecule has 2 aromatic rings. The predicted octanol–water partition coefficient (Wildman–Crippen LogP) is 4.18. The van der Waals surface area contributed by atoms with E-state index in [1.165, 1.54) is 16.4 Å². The summed E-state index contributed by atoms with van der Waals surface area (Å²) in [4.78, 5) is 12.7. The maximum Gasteiger partial charge on any atom is 0.256 e. The molecular formula is C21H29N3O4S. The van der Waals surface area contributed by atoms with Gasteiger partial charge in [-0.15, -0.1) is 0 Å². The maximum atomic E-state index is 13.0. The van der Waals surface area contributed by atoms with Gasteiger partial charge in [0, 0.05) is 30.1 Å². The van der Waals surface area contributed by atoms with E-state index in [-0.39, 0.29) is 21.9 Å². The van der Waals surface area contributed by atoms with Gasteiger partial charge < -0.3 is 9.84 Å². The number of hydrogen-bond acceptors (Lipinski definition) is 5. The number of nitrogens with zero attached hydrogens (tertiary/aromatic N) is 2. The third-order valence-corrected chi connectivity index (χ3v) is 7.26. The second-order valence-corrected chi connectivity index (χ2v) is 10.6. The van der Waals surface area contributed by atoms with Gasteiger partial charge in [0.1, 0.15) is 5.76 Å². The van der Waals surface area contributed by atoms with Gasteiger partial charge in [-0.25, -0.2) is 8.42 Å². The van der Waals surface area contributed by atoms with Crippen molar-refractivity contribution < 1.29 is 17.7 Å². The third kappa shape index (κ3) is 4.87. The highest BCUT2D eigenvalue weighted by molar-refractivity contribution is 7.89. The van der Waals surface area contributed by atoms with Gasteiger partial charge in [0.15, 0.2) is 5.82 Å². The molecular weight excluding hydrogens is 390 g/mol. The van der Waals surface area contributed by atoms with E-state index in [0.717, 1.165) is 32.1 Å². The van der Waals surface area contributed by atoms with E-state index in [0.29, 0.717) is 11.6 Å². The summed E-state index contributed by atoms with van der Waals surface area (Å²) in [6.07, 6.45) is 4.98. The number of carbonyl (C=O) groups excluding carboxylic acids is 1. The minimum atomic E-state index is -3.66. The molecule has 1 saturated carbocycles. The normalized spacial score (nSPS) is 16.2. The van der Waals surface area contributed by atoms with E-state index >= 15 is 0 Å². The van der Waals surface area contributed by atoms with Crippen molar-refractivity contribution in [2.45, 2.75) is 69.2 Å². The van der Waals surface area contributed by atoms with E-state index in [1.54, 1.807) is 25.2 Å². The SMILES string of the molecule is CN(C1CCCCC1)S(=O)(=O)c1cccc(C(=O)Nc2cc(C(C)(C)C)on2)c1. The lowest BCUT2D eigenvalue weighted by molar-refractivity contribution is 0.102. The molecule has 1 aromatic carbocycles. The van der Waals surface area contributed by atoms with E-state index in [4.69, 9.17) is 4.52 Å². The standard InChI is InChI=1S/C21H29N3O4S/c1-21(2,3)18-14-19(23-28-18)22-20(25)15-9-8-12-17(13-15)29(26,27)24(4)16-10-6-5-7-11-16/h8-9,12-14,16H,5-7,10-11H2,1-4H3,(H,22,23,25). The molecule has 0 spiro atoms. The predicted molar refractivity (Wildman–Crippen MR) is 111 cm³/mol. The van der Waals surface area contributed by atoms with Crippen LogP contribution in [-0.2, 0) is 15.4 Å². The molecule has 8 heteroatoms. The zero-order valence-electron chi connectivity index (χ0n) is 17.4. The monoisotopic (exact) mass is 419 g/mol. The first kappa shape index (κ1) is 21.5. The summed E-state index contributed by atoms with van der Waals surface area (Å²) in [6.45, 7) is 5.95. The molecule has 1 aliphatic rings. The Balaban J connectivity index is 1.77. The van der Waals surface area contributed by atoms with Gasteiger partial charge in [-0.3, -0.25) is 4.79 Å². The average molecular weight is 420 g/mol. The Morgan fingerprint density at radius 3 is 2.48 bits per heavy atom. The van der Waals surface area contributed by atoms with Crippen LogP contribution in [-0.4, -0.2) is 36.9 Å².